The molecule has 1 amide bonds. The van der Waals surface area contributed by atoms with E-state index in [0.717, 1.165) is 57.0 Å². The van der Waals surface area contributed by atoms with Gasteiger partial charge in [-0.1, -0.05) is 17.5 Å². The first-order valence-corrected chi connectivity index (χ1v) is 9.47. The summed E-state index contributed by atoms with van der Waals surface area (Å²) in [6.45, 7) is 5.34. The molecule has 2 aliphatic rings. The Hall–Kier alpha value is -1.70. The molecule has 3 rings (SSSR count). The van der Waals surface area contributed by atoms with E-state index < -0.39 is 0 Å². The Morgan fingerprint density at radius 2 is 1.92 bits per heavy atom. The summed E-state index contributed by atoms with van der Waals surface area (Å²) in [4.78, 5) is 17.0. The maximum Gasteiger partial charge on any atom is 0.223 e. The predicted octanol–water partition coefficient (Wildman–Crippen LogP) is 2.63. The van der Waals surface area contributed by atoms with Crippen LogP contribution in [0, 0.1) is 24.2 Å². The summed E-state index contributed by atoms with van der Waals surface area (Å²) < 4.78 is 0. The molecule has 1 N–H and O–H groups in total. The van der Waals surface area contributed by atoms with Gasteiger partial charge in [0.05, 0.1) is 6.54 Å². The fourth-order valence-electron chi connectivity index (χ4n) is 3.76. The van der Waals surface area contributed by atoms with Gasteiger partial charge in [-0.2, -0.15) is 0 Å². The van der Waals surface area contributed by atoms with Gasteiger partial charge in [-0.25, -0.2) is 0 Å². The highest BCUT2D eigenvalue weighted by Crippen LogP contribution is 2.25. The van der Waals surface area contributed by atoms with E-state index in [0.29, 0.717) is 12.5 Å². The van der Waals surface area contributed by atoms with Gasteiger partial charge in [0.1, 0.15) is 0 Å². The number of likely N-dealkylation sites (tertiary alicyclic amines) is 1. The quantitative estimate of drug-likeness (QED) is 0.821. The molecule has 25 heavy (non-hydrogen) atoms. The van der Waals surface area contributed by atoms with Crippen LogP contribution in [0.1, 0.15) is 19.3 Å². The van der Waals surface area contributed by atoms with Crippen molar-refractivity contribution in [1.29, 1.82) is 0 Å². The van der Waals surface area contributed by atoms with Gasteiger partial charge in [-0.05, 0) is 62.5 Å². The third-order valence-electron chi connectivity index (χ3n) is 5.32. The van der Waals surface area contributed by atoms with E-state index in [2.05, 4.69) is 33.2 Å². The topological polar surface area (TPSA) is 35.6 Å². The number of amides is 1. The number of piperidine rings is 1. The summed E-state index contributed by atoms with van der Waals surface area (Å²) in [5.74, 6) is 3.55. The summed E-state index contributed by atoms with van der Waals surface area (Å²) >= 11 is 5.95. The van der Waals surface area contributed by atoms with Gasteiger partial charge in [0.15, 0.2) is 0 Å². The summed E-state index contributed by atoms with van der Waals surface area (Å²) in [6.07, 6.45) is 8.29. The number of rotatable bonds is 5. The molecule has 0 bridgehead atoms. The van der Waals surface area contributed by atoms with Gasteiger partial charge in [0.25, 0.3) is 0 Å². The van der Waals surface area contributed by atoms with Crippen molar-refractivity contribution in [1.82, 2.24) is 10.2 Å². The summed E-state index contributed by atoms with van der Waals surface area (Å²) in [7, 11) is 0. The van der Waals surface area contributed by atoms with Gasteiger partial charge in [0.2, 0.25) is 5.91 Å². The number of nitrogens with one attached hydrogen (secondary N) is 1. The minimum absolute atomic E-state index is 0.141. The van der Waals surface area contributed by atoms with Gasteiger partial charge in [-0.3, -0.25) is 9.69 Å². The van der Waals surface area contributed by atoms with E-state index in [4.69, 9.17) is 18.0 Å². The third kappa shape index (κ3) is 4.90. The fraction of sp³-hybridized carbons (Fsp3) is 0.550. The minimum Gasteiger partial charge on any atom is -0.371 e. The molecular weight excluding hydrogens is 334 g/mol. The second-order valence-corrected chi connectivity index (χ2v) is 7.51. The molecule has 1 aromatic rings. The van der Waals surface area contributed by atoms with E-state index in [9.17, 15) is 4.79 Å². The molecule has 0 spiro atoms. The molecule has 2 heterocycles. The third-order valence-corrected chi connectivity index (χ3v) is 5.57. The van der Waals surface area contributed by atoms with Crippen molar-refractivity contribution in [2.45, 2.75) is 19.3 Å². The van der Waals surface area contributed by atoms with E-state index in [-0.39, 0.29) is 11.8 Å². The van der Waals surface area contributed by atoms with E-state index in [1.54, 1.807) is 0 Å². The van der Waals surface area contributed by atoms with Crippen LogP contribution in [-0.2, 0) is 4.79 Å². The van der Waals surface area contributed by atoms with Crippen molar-refractivity contribution < 1.29 is 4.79 Å². The van der Waals surface area contributed by atoms with Crippen LogP contribution in [0.2, 0.25) is 5.02 Å². The summed E-state index contributed by atoms with van der Waals surface area (Å²) in [6, 6.07) is 7.98. The molecule has 5 heteroatoms. The molecule has 4 nitrogen and oxygen atoms in total. The van der Waals surface area contributed by atoms with Crippen molar-refractivity contribution in [3.05, 3.63) is 29.3 Å². The molecule has 0 aromatic heterocycles. The Morgan fingerprint density at radius 1 is 1.20 bits per heavy atom. The van der Waals surface area contributed by atoms with Crippen molar-refractivity contribution in [2.24, 2.45) is 11.8 Å². The van der Waals surface area contributed by atoms with Crippen molar-refractivity contribution in [3.8, 4) is 12.3 Å². The molecule has 0 saturated carbocycles. The molecule has 0 unspecified atom stereocenters. The highest BCUT2D eigenvalue weighted by Gasteiger charge is 2.27. The largest absolute Gasteiger partial charge is 0.371 e. The molecule has 134 valence electrons. The lowest BCUT2D eigenvalue weighted by Gasteiger charge is -2.30. The van der Waals surface area contributed by atoms with E-state index in [1.807, 2.05) is 12.1 Å². The molecule has 0 radical (unpaired) electrons. The molecule has 1 atom stereocenters. The van der Waals surface area contributed by atoms with Gasteiger partial charge < -0.3 is 10.2 Å². The van der Waals surface area contributed by atoms with Crippen LogP contribution in [-0.4, -0.2) is 50.1 Å². The number of terminal acetylenes is 1. The minimum atomic E-state index is 0.141. The SMILES string of the molecule is C#CCN1CCC(C(=O)NC[C@H]2CCN(c3ccc(Cl)cc3)C2)CC1. The normalized spacial score (nSPS) is 21.9. The first-order valence-electron chi connectivity index (χ1n) is 9.09. The average Bonchev–Trinajstić information content (AvgIpc) is 3.10. The zero-order valence-corrected chi connectivity index (χ0v) is 15.3. The molecule has 2 fully saturated rings. The lowest BCUT2D eigenvalue weighted by atomic mass is 9.95. The van der Waals surface area contributed by atoms with Crippen LogP contribution in [0.3, 0.4) is 0 Å². The Labute approximate surface area is 155 Å². The molecule has 1 aromatic carbocycles. The van der Waals surface area contributed by atoms with Crippen LogP contribution in [0.25, 0.3) is 0 Å². The summed E-state index contributed by atoms with van der Waals surface area (Å²) in [5.41, 5.74) is 1.21. The number of hydrogen-bond donors (Lipinski definition) is 1. The van der Waals surface area contributed by atoms with E-state index >= 15 is 0 Å². The number of carbonyl (C=O) groups excluding carboxylic acids is 1. The molecular formula is C20H26ClN3O. The second-order valence-electron chi connectivity index (χ2n) is 7.08. The Morgan fingerprint density at radius 3 is 2.60 bits per heavy atom. The fourth-order valence-corrected chi connectivity index (χ4v) is 3.88. The molecule has 2 saturated heterocycles. The zero-order chi connectivity index (χ0) is 17.6. The number of benzene rings is 1. The number of carbonyl (C=O) groups is 1. The van der Waals surface area contributed by atoms with Gasteiger partial charge >= 0.3 is 0 Å². The smallest absolute Gasteiger partial charge is 0.223 e. The maximum absolute atomic E-state index is 12.4. The van der Waals surface area contributed by atoms with E-state index in [1.165, 1.54) is 5.69 Å². The molecule has 2 aliphatic heterocycles. The number of halogens is 1. The Bertz CT molecular complexity index is 617. The zero-order valence-electron chi connectivity index (χ0n) is 14.6. The van der Waals surface area contributed by atoms with Crippen LogP contribution in [0.4, 0.5) is 5.69 Å². The highest BCUT2D eigenvalue weighted by molar-refractivity contribution is 6.30. The van der Waals surface area contributed by atoms with Crippen LogP contribution in [0.5, 0.6) is 0 Å². The first kappa shape index (κ1) is 18.1. The Kier molecular flexibility index (Phi) is 6.23. The maximum atomic E-state index is 12.4. The first-order chi connectivity index (χ1) is 12.2. The van der Waals surface area contributed by atoms with Crippen molar-refractivity contribution in [3.63, 3.8) is 0 Å². The number of nitrogens with zero attached hydrogens (tertiary/aromatic N) is 2. The second kappa shape index (κ2) is 8.60. The van der Waals surface area contributed by atoms with Gasteiger partial charge in [0, 0.05) is 36.3 Å². The standard InChI is InChI=1S/C20H26ClN3O/c1-2-10-23-11-8-17(9-12-23)20(25)22-14-16-7-13-24(15-16)19-5-3-18(21)4-6-19/h1,3-6,16-17H,7-15H2,(H,22,25)/t16-/m1/s1. The van der Waals surface area contributed by atoms with Crippen molar-refractivity contribution >= 4 is 23.2 Å². The lowest BCUT2D eigenvalue weighted by molar-refractivity contribution is -0.126. The summed E-state index contributed by atoms with van der Waals surface area (Å²) in [5, 5.41) is 3.94. The highest BCUT2D eigenvalue weighted by atomic mass is 35.5. The number of hydrogen-bond acceptors (Lipinski definition) is 3. The number of anilines is 1. The van der Waals surface area contributed by atoms with Crippen LogP contribution < -0.4 is 10.2 Å². The Balaban J connectivity index is 1.40. The lowest BCUT2D eigenvalue weighted by Crippen LogP contribution is -2.42. The molecule has 0 aliphatic carbocycles. The van der Waals surface area contributed by atoms with Crippen molar-refractivity contribution in [2.75, 3.05) is 44.2 Å². The van der Waals surface area contributed by atoms with Crippen LogP contribution in [0.15, 0.2) is 24.3 Å². The predicted molar refractivity (Wildman–Crippen MR) is 103 cm³/mol. The van der Waals surface area contributed by atoms with Crippen LogP contribution >= 0.6 is 11.6 Å². The van der Waals surface area contributed by atoms with Gasteiger partial charge in [-0.15, -0.1) is 6.42 Å². The monoisotopic (exact) mass is 359 g/mol. The average molecular weight is 360 g/mol.